The van der Waals surface area contributed by atoms with Gasteiger partial charge in [0.2, 0.25) is 5.91 Å². The Morgan fingerprint density at radius 2 is 2.13 bits per heavy atom. The van der Waals surface area contributed by atoms with E-state index in [1.165, 1.54) is 0 Å². The number of hydrogen-bond acceptors (Lipinski definition) is 4. The highest BCUT2D eigenvalue weighted by atomic mass is 79.9. The number of rotatable bonds is 5. The smallest absolute Gasteiger partial charge is 0.228 e. The molecule has 2 heterocycles. The van der Waals surface area contributed by atoms with Crippen LogP contribution in [0.5, 0.6) is 5.75 Å². The maximum atomic E-state index is 12.3. The van der Waals surface area contributed by atoms with E-state index in [-0.39, 0.29) is 12.3 Å². The molecular weight excluding hydrogens is 360 g/mol. The largest absolute Gasteiger partial charge is 0.494 e. The molecule has 1 aromatic carbocycles. The highest BCUT2D eigenvalue weighted by Gasteiger charge is 2.10. The Balaban J connectivity index is 1.72. The van der Waals surface area contributed by atoms with E-state index in [1.54, 1.807) is 16.8 Å². The lowest BCUT2D eigenvalue weighted by Crippen LogP contribution is -2.15. The van der Waals surface area contributed by atoms with Gasteiger partial charge in [0.15, 0.2) is 5.65 Å². The second-order valence-corrected chi connectivity index (χ2v) is 5.85. The molecule has 3 rings (SSSR count). The molecule has 0 aliphatic heterocycles. The van der Waals surface area contributed by atoms with Gasteiger partial charge < -0.3 is 10.1 Å². The highest BCUT2D eigenvalue weighted by molar-refractivity contribution is 9.10. The first-order chi connectivity index (χ1) is 11.2. The third kappa shape index (κ3) is 3.68. The predicted octanol–water partition coefficient (Wildman–Crippen LogP) is 3.07. The second kappa shape index (κ2) is 6.78. The Hall–Kier alpha value is -2.41. The predicted molar refractivity (Wildman–Crippen MR) is 90.6 cm³/mol. The number of fused-ring (bicyclic) bond motifs is 1. The van der Waals surface area contributed by atoms with Gasteiger partial charge in [-0.05, 0) is 46.6 Å². The van der Waals surface area contributed by atoms with Crippen molar-refractivity contribution in [3.8, 4) is 5.75 Å². The van der Waals surface area contributed by atoms with Gasteiger partial charge in [0.05, 0.1) is 18.7 Å². The van der Waals surface area contributed by atoms with Crippen LogP contribution in [0.3, 0.4) is 0 Å². The minimum Gasteiger partial charge on any atom is -0.494 e. The molecule has 6 nitrogen and oxygen atoms in total. The molecule has 0 bridgehead atoms. The Morgan fingerprint density at radius 3 is 2.87 bits per heavy atom. The van der Waals surface area contributed by atoms with Crippen LogP contribution in [0.2, 0.25) is 0 Å². The first-order valence-electron chi connectivity index (χ1n) is 7.16. The number of anilines is 1. The fourth-order valence-electron chi connectivity index (χ4n) is 2.24. The zero-order chi connectivity index (χ0) is 16.2. The number of nitrogens with zero attached hydrogens (tertiary/aromatic N) is 3. The molecule has 0 fully saturated rings. The van der Waals surface area contributed by atoms with E-state index in [4.69, 9.17) is 4.74 Å². The van der Waals surface area contributed by atoms with Gasteiger partial charge in [0.25, 0.3) is 0 Å². The van der Waals surface area contributed by atoms with Crippen molar-refractivity contribution in [2.45, 2.75) is 13.3 Å². The first kappa shape index (κ1) is 15.5. The summed E-state index contributed by atoms with van der Waals surface area (Å²) in [7, 11) is 0. The molecule has 1 N–H and O–H groups in total. The number of amides is 1. The molecule has 7 heteroatoms. The normalized spacial score (nSPS) is 10.7. The molecule has 0 radical (unpaired) electrons. The number of carbonyl (C=O) groups excluding carboxylic acids is 1. The molecule has 0 aliphatic carbocycles. The molecule has 2 aromatic heterocycles. The minimum atomic E-state index is -0.114. The van der Waals surface area contributed by atoms with E-state index >= 15 is 0 Å². The summed E-state index contributed by atoms with van der Waals surface area (Å²) in [5.41, 5.74) is 2.14. The summed E-state index contributed by atoms with van der Waals surface area (Å²) in [6, 6.07) is 9.31. The zero-order valence-electron chi connectivity index (χ0n) is 12.5. The topological polar surface area (TPSA) is 68.5 Å². The lowest BCUT2D eigenvalue weighted by Gasteiger charge is -2.08. The van der Waals surface area contributed by atoms with Gasteiger partial charge in [0.1, 0.15) is 12.1 Å². The van der Waals surface area contributed by atoms with E-state index in [9.17, 15) is 4.79 Å². The third-order valence-electron chi connectivity index (χ3n) is 3.23. The molecule has 0 atom stereocenters. The van der Waals surface area contributed by atoms with Crippen LogP contribution in [0.15, 0.2) is 47.3 Å². The van der Waals surface area contributed by atoms with Gasteiger partial charge in [-0.2, -0.15) is 0 Å². The van der Waals surface area contributed by atoms with E-state index in [0.717, 1.165) is 15.8 Å². The fourth-order valence-corrected chi connectivity index (χ4v) is 2.69. The van der Waals surface area contributed by atoms with Gasteiger partial charge in [-0.15, -0.1) is 10.2 Å². The molecule has 0 spiro atoms. The van der Waals surface area contributed by atoms with Crippen molar-refractivity contribution in [1.29, 1.82) is 0 Å². The Morgan fingerprint density at radius 1 is 1.35 bits per heavy atom. The highest BCUT2D eigenvalue weighted by Crippen LogP contribution is 2.21. The molecule has 23 heavy (non-hydrogen) atoms. The van der Waals surface area contributed by atoms with Crippen molar-refractivity contribution in [3.63, 3.8) is 0 Å². The molecule has 0 saturated heterocycles. The minimum absolute atomic E-state index is 0.114. The average molecular weight is 375 g/mol. The van der Waals surface area contributed by atoms with Crippen LogP contribution in [0, 0.1) is 0 Å². The van der Waals surface area contributed by atoms with Crippen molar-refractivity contribution >= 4 is 33.2 Å². The second-order valence-electron chi connectivity index (χ2n) is 4.94. The summed E-state index contributed by atoms with van der Waals surface area (Å²) in [5.74, 6) is 0.686. The quantitative estimate of drug-likeness (QED) is 0.744. The third-order valence-corrected chi connectivity index (χ3v) is 3.67. The summed E-state index contributed by atoms with van der Waals surface area (Å²) in [6.07, 6.45) is 3.69. The van der Waals surface area contributed by atoms with Gasteiger partial charge >= 0.3 is 0 Å². The maximum Gasteiger partial charge on any atom is 0.228 e. The summed E-state index contributed by atoms with van der Waals surface area (Å²) in [4.78, 5) is 12.3. The molecule has 1 amide bonds. The van der Waals surface area contributed by atoms with E-state index < -0.39 is 0 Å². The molecule has 3 aromatic rings. The number of halogens is 1. The SMILES string of the molecule is CCOc1ccc(CC(=O)Nc2cc(Br)cn3cnnc23)cc1. The first-order valence-corrected chi connectivity index (χ1v) is 7.95. The molecule has 0 saturated carbocycles. The lowest BCUT2D eigenvalue weighted by molar-refractivity contribution is -0.115. The number of carbonyl (C=O) groups is 1. The molecule has 0 unspecified atom stereocenters. The van der Waals surface area contributed by atoms with Gasteiger partial charge in [-0.3, -0.25) is 9.20 Å². The summed E-state index contributed by atoms with van der Waals surface area (Å²) in [6.45, 7) is 2.56. The van der Waals surface area contributed by atoms with Gasteiger partial charge in [-0.25, -0.2) is 0 Å². The Bertz CT molecular complexity index is 830. The number of aromatic nitrogens is 3. The van der Waals surface area contributed by atoms with Crippen LogP contribution < -0.4 is 10.1 Å². The van der Waals surface area contributed by atoms with E-state index in [0.29, 0.717) is 17.9 Å². The zero-order valence-corrected chi connectivity index (χ0v) is 14.1. The molecule has 118 valence electrons. The van der Waals surface area contributed by atoms with E-state index in [2.05, 4.69) is 31.4 Å². The van der Waals surface area contributed by atoms with Crippen LogP contribution in [-0.4, -0.2) is 27.1 Å². The summed E-state index contributed by atoms with van der Waals surface area (Å²) < 4.78 is 7.97. The Kier molecular flexibility index (Phi) is 4.57. The monoisotopic (exact) mass is 374 g/mol. The lowest BCUT2D eigenvalue weighted by atomic mass is 10.1. The standard InChI is InChI=1S/C16H15BrN4O2/c1-2-23-13-5-3-11(4-6-13)7-15(22)19-14-8-12(17)9-21-10-18-20-16(14)21/h3-6,8-10H,2,7H2,1H3,(H,19,22). The Labute approximate surface area is 141 Å². The van der Waals surface area contributed by atoms with E-state index in [1.807, 2.05) is 37.4 Å². The number of hydrogen-bond donors (Lipinski definition) is 1. The number of pyridine rings is 1. The molecule has 0 aliphatic rings. The van der Waals surface area contributed by atoms with Crippen molar-refractivity contribution in [3.05, 3.63) is 52.9 Å². The van der Waals surface area contributed by atoms with Crippen molar-refractivity contribution in [2.75, 3.05) is 11.9 Å². The van der Waals surface area contributed by atoms with Crippen LogP contribution in [0.4, 0.5) is 5.69 Å². The van der Waals surface area contributed by atoms with Crippen molar-refractivity contribution in [1.82, 2.24) is 14.6 Å². The van der Waals surface area contributed by atoms with Crippen LogP contribution in [0.1, 0.15) is 12.5 Å². The van der Waals surface area contributed by atoms with Crippen LogP contribution >= 0.6 is 15.9 Å². The van der Waals surface area contributed by atoms with Gasteiger partial charge in [0, 0.05) is 10.7 Å². The number of ether oxygens (including phenoxy) is 1. The summed E-state index contributed by atoms with van der Waals surface area (Å²) in [5, 5.41) is 10.7. The molecular formula is C16H15BrN4O2. The fraction of sp³-hybridized carbons (Fsp3) is 0.188. The number of benzene rings is 1. The van der Waals surface area contributed by atoms with Crippen molar-refractivity contribution in [2.24, 2.45) is 0 Å². The van der Waals surface area contributed by atoms with Crippen LogP contribution in [-0.2, 0) is 11.2 Å². The van der Waals surface area contributed by atoms with Crippen molar-refractivity contribution < 1.29 is 9.53 Å². The maximum absolute atomic E-state index is 12.3. The average Bonchev–Trinajstić information content (AvgIpc) is 2.98. The number of nitrogens with one attached hydrogen (secondary N) is 1. The van der Waals surface area contributed by atoms with Crippen LogP contribution in [0.25, 0.3) is 5.65 Å². The van der Waals surface area contributed by atoms with Gasteiger partial charge in [-0.1, -0.05) is 12.1 Å². The summed E-state index contributed by atoms with van der Waals surface area (Å²) >= 11 is 3.41.